The van der Waals surface area contributed by atoms with E-state index in [2.05, 4.69) is 5.32 Å². The molecule has 0 aromatic heterocycles. The number of carbonyl (C=O) groups is 2. The summed E-state index contributed by atoms with van der Waals surface area (Å²) >= 11 is 0. The number of likely N-dealkylation sites (tertiary alicyclic amines) is 1. The van der Waals surface area contributed by atoms with Crippen LogP contribution in [0.2, 0.25) is 0 Å². The summed E-state index contributed by atoms with van der Waals surface area (Å²) in [5.41, 5.74) is 0.361. The van der Waals surface area contributed by atoms with Crippen molar-refractivity contribution in [2.45, 2.75) is 24.9 Å². The van der Waals surface area contributed by atoms with Crippen LogP contribution in [0.15, 0.2) is 24.3 Å². The molecule has 2 saturated heterocycles. The number of hydrogen-bond acceptors (Lipinski definition) is 3. The second-order valence-electron chi connectivity index (χ2n) is 5.61. The third-order valence-electron chi connectivity index (χ3n) is 4.16. The first-order valence-corrected chi connectivity index (χ1v) is 7.05. The van der Waals surface area contributed by atoms with Crippen molar-refractivity contribution in [1.82, 2.24) is 10.2 Å². The van der Waals surface area contributed by atoms with Crippen molar-refractivity contribution in [2.75, 3.05) is 19.6 Å². The minimum absolute atomic E-state index is 0.0220. The minimum atomic E-state index is -0.441. The summed E-state index contributed by atoms with van der Waals surface area (Å²) in [5, 5.41) is 2.67. The second kappa shape index (κ2) is 5.35. The maximum Gasteiger partial charge on any atom is 0.407 e. The lowest BCUT2D eigenvalue weighted by molar-refractivity contribution is -0.133. The quantitative estimate of drug-likeness (QED) is 0.898. The van der Waals surface area contributed by atoms with E-state index in [1.807, 2.05) is 0 Å². The number of piperidine rings is 1. The number of benzene rings is 1. The summed E-state index contributed by atoms with van der Waals surface area (Å²) in [6.45, 7) is 1.68. The highest BCUT2D eigenvalue weighted by molar-refractivity contribution is 5.79. The molecule has 1 aromatic carbocycles. The van der Waals surface area contributed by atoms with Gasteiger partial charge in [0.2, 0.25) is 5.91 Å². The zero-order valence-electron chi connectivity index (χ0n) is 11.6. The summed E-state index contributed by atoms with van der Waals surface area (Å²) < 4.78 is 18.2. The number of hydrogen-bond donors (Lipinski definition) is 1. The van der Waals surface area contributed by atoms with E-state index in [1.54, 1.807) is 17.0 Å². The number of carbonyl (C=O) groups excluding carboxylic acids is 2. The van der Waals surface area contributed by atoms with E-state index in [1.165, 1.54) is 12.1 Å². The summed E-state index contributed by atoms with van der Waals surface area (Å²) in [5.74, 6) is -0.282. The summed E-state index contributed by atoms with van der Waals surface area (Å²) in [6, 6.07) is 5.97. The molecular formula is C15H17FN2O3. The van der Waals surface area contributed by atoms with Gasteiger partial charge < -0.3 is 15.0 Å². The molecule has 0 aliphatic carbocycles. The fourth-order valence-corrected chi connectivity index (χ4v) is 2.83. The Bertz CT molecular complexity index is 551. The summed E-state index contributed by atoms with van der Waals surface area (Å²) in [4.78, 5) is 25.2. The highest BCUT2D eigenvalue weighted by atomic mass is 19.1. The molecule has 1 spiro atoms. The van der Waals surface area contributed by atoms with Crippen LogP contribution >= 0.6 is 0 Å². The van der Waals surface area contributed by atoms with Crippen molar-refractivity contribution in [3.63, 3.8) is 0 Å². The van der Waals surface area contributed by atoms with Gasteiger partial charge in [-0.1, -0.05) is 12.1 Å². The number of nitrogens with one attached hydrogen (secondary N) is 1. The van der Waals surface area contributed by atoms with E-state index in [-0.39, 0.29) is 24.2 Å². The molecule has 2 aliphatic rings. The largest absolute Gasteiger partial charge is 0.441 e. The number of ether oxygens (including phenoxy) is 1. The van der Waals surface area contributed by atoms with E-state index >= 15 is 0 Å². The lowest BCUT2D eigenvalue weighted by Gasteiger charge is -2.37. The predicted octanol–water partition coefficient (Wildman–Crippen LogP) is 1.47. The standard InChI is InChI=1S/C15H17FN2O3/c16-12-3-1-11(2-4-12)9-13(19)18-7-5-15(6-8-18)10-17-14(20)21-15/h1-4H,5-10H2,(H,17,20). The van der Waals surface area contributed by atoms with Crippen LogP contribution in [0, 0.1) is 5.82 Å². The van der Waals surface area contributed by atoms with Crippen molar-refractivity contribution in [3.8, 4) is 0 Å². The van der Waals surface area contributed by atoms with Gasteiger partial charge in [-0.2, -0.15) is 0 Å². The Morgan fingerprint density at radius 1 is 1.29 bits per heavy atom. The molecule has 1 aromatic rings. The van der Waals surface area contributed by atoms with Gasteiger partial charge in [-0.05, 0) is 17.7 Å². The SMILES string of the molecule is O=C1NCC2(CCN(C(=O)Cc3ccc(F)cc3)CC2)O1. The first kappa shape index (κ1) is 13.9. The van der Waals surface area contributed by atoms with Crippen LogP contribution < -0.4 is 5.32 Å². The average molecular weight is 292 g/mol. The maximum atomic E-state index is 12.8. The molecule has 0 atom stereocenters. The first-order chi connectivity index (χ1) is 10.1. The van der Waals surface area contributed by atoms with Crippen molar-refractivity contribution < 1.29 is 18.7 Å². The van der Waals surface area contributed by atoms with Gasteiger partial charge in [0.15, 0.2) is 0 Å². The Kier molecular flexibility index (Phi) is 3.53. The molecule has 21 heavy (non-hydrogen) atoms. The van der Waals surface area contributed by atoms with Gasteiger partial charge in [-0.15, -0.1) is 0 Å². The van der Waals surface area contributed by atoms with Crippen LogP contribution in [0.4, 0.5) is 9.18 Å². The number of alkyl carbamates (subject to hydrolysis) is 1. The predicted molar refractivity (Wildman–Crippen MR) is 73.1 cm³/mol. The van der Waals surface area contributed by atoms with E-state index in [0.29, 0.717) is 32.5 Å². The molecule has 2 fully saturated rings. The maximum absolute atomic E-state index is 12.8. The van der Waals surface area contributed by atoms with Crippen LogP contribution in [-0.4, -0.2) is 42.1 Å². The van der Waals surface area contributed by atoms with E-state index in [0.717, 1.165) is 5.56 Å². The van der Waals surface area contributed by atoms with Gasteiger partial charge in [0, 0.05) is 25.9 Å². The molecule has 2 aliphatic heterocycles. The van der Waals surface area contributed by atoms with Crippen LogP contribution in [0.3, 0.4) is 0 Å². The molecule has 6 heteroatoms. The summed E-state index contributed by atoms with van der Waals surface area (Å²) in [7, 11) is 0. The normalized spacial score (nSPS) is 20.2. The third-order valence-corrected chi connectivity index (χ3v) is 4.16. The first-order valence-electron chi connectivity index (χ1n) is 7.05. The Morgan fingerprint density at radius 2 is 1.95 bits per heavy atom. The molecular weight excluding hydrogens is 275 g/mol. The molecule has 5 nitrogen and oxygen atoms in total. The fraction of sp³-hybridized carbons (Fsp3) is 0.467. The third kappa shape index (κ3) is 2.99. The number of halogens is 1. The molecule has 2 heterocycles. The Hall–Kier alpha value is -2.11. The van der Waals surface area contributed by atoms with Gasteiger partial charge in [-0.25, -0.2) is 9.18 Å². The van der Waals surface area contributed by atoms with Crippen LogP contribution in [0.1, 0.15) is 18.4 Å². The van der Waals surface area contributed by atoms with E-state index in [4.69, 9.17) is 4.74 Å². The van der Waals surface area contributed by atoms with Gasteiger partial charge in [0.05, 0.1) is 13.0 Å². The molecule has 112 valence electrons. The second-order valence-corrected chi connectivity index (χ2v) is 5.61. The molecule has 0 bridgehead atoms. The Labute approximate surface area is 122 Å². The average Bonchev–Trinajstić information content (AvgIpc) is 2.83. The van der Waals surface area contributed by atoms with Gasteiger partial charge in [0.25, 0.3) is 0 Å². The van der Waals surface area contributed by atoms with Crippen LogP contribution in [0.25, 0.3) is 0 Å². The monoisotopic (exact) mass is 292 g/mol. The smallest absolute Gasteiger partial charge is 0.407 e. The lowest BCUT2D eigenvalue weighted by atomic mass is 9.91. The summed E-state index contributed by atoms with van der Waals surface area (Å²) in [6.07, 6.45) is 1.20. The molecule has 1 N–H and O–H groups in total. The Morgan fingerprint density at radius 3 is 2.52 bits per heavy atom. The van der Waals surface area contributed by atoms with Crippen molar-refractivity contribution >= 4 is 12.0 Å². The number of rotatable bonds is 2. The highest BCUT2D eigenvalue weighted by Gasteiger charge is 2.43. The van der Waals surface area contributed by atoms with E-state index in [9.17, 15) is 14.0 Å². The topological polar surface area (TPSA) is 58.6 Å². The molecule has 3 rings (SSSR count). The molecule has 0 unspecified atom stereocenters. The zero-order chi connectivity index (χ0) is 14.9. The molecule has 0 saturated carbocycles. The van der Waals surface area contributed by atoms with Gasteiger partial charge in [0.1, 0.15) is 11.4 Å². The van der Waals surface area contributed by atoms with Crippen molar-refractivity contribution in [1.29, 1.82) is 0 Å². The number of nitrogens with zero attached hydrogens (tertiary/aromatic N) is 1. The van der Waals surface area contributed by atoms with Crippen molar-refractivity contribution in [2.24, 2.45) is 0 Å². The lowest BCUT2D eigenvalue weighted by Crippen LogP contribution is -2.48. The van der Waals surface area contributed by atoms with Crippen LogP contribution in [0.5, 0.6) is 0 Å². The number of amides is 2. The van der Waals surface area contributed by atoms with Crippen LogP contribution in [-0.2, 0) is 16.0 Å². The van der Waals surface area contributed by atoms with Gasteiger partial charge in [-0.3, -0.25) is 4.79 Å². The van der Waals surface area contributed by atoms with E-state index < -0.39 is 5.60 Å². The molecule has 0 radical (unpaired) electrons. The van der Waals surface area contributed by atoms with Gasteiger partial charge >= 0.3 is 6.09 Å². The fourth-order valence-electron chi connectivity index (χ4n) is 2.83. The van der Waals surface area contributed by atoms with Crippen molar-refractivity contribution in [3.05, 3.63) is 35.6 Å². The molecule has 2 amide bonds. The zero-order valence-corrected chi connectivity index (χ0v) is 11.6. The highest BCUT2D eigenvalue weighted by Crippen LogP contribution is 2.29. The minimum Gasteiger partial charge on any atom is -0.441 e. The Balaban J connectivity index is 1.55.